The molecule has 2 aromatic carbocycles. The van der Waals surface area contributed by atoms with Gasteiger partial charge in [-0.25, -0.2) is 4.79 Å². The van der Waals surface area contributed by atoms with Crippen molar-refractivity contribution in [2.75, 3.05) is 20.3 Å². The van der Waals surface area contributed by atoms with Gasteiger partial charge in [-0.3, -0.25) is 4.79 Å². The molecular weight excluding hydrogens is 394 g/mol. The molecule has 2 aliphatic rings. The number of methoxy groups -OCH3 is 1. The quantitative estimate of drug-likeness (QED) is 0.707. The molecule has 6 heteroatoms. The second kappa shape index (κ2) is 8.30. The zero-order chi connectivity index (χ0) is 22.1. The largest absolute Gasteiger partial charge is 0.490 e. The number of ketones is 1. The molecule has 1 aliphatic carbocycles. The predicted molar refractivity (Wildman–Crippen MR) is 117 cm³/mol. The number of hydrogen-bond donors (Lipinski definition) is 1. The van der Waals surface area contributed by atoms with Gasteiger partial charge in [-0.05, 0) is 38.5 Å². The number of ether oxygens (including phenoxy) is 3. The topological polar surface area (TPSA) is 73.9 Å². The molecule has 0 radical (unpaired) electrons. The molecule has 0 saturated heterocycles. The highest BCUT2D eigenvalue weighted by atomic mass is 16.5. The van der Waals surface area contributed by atoms with E-state index < -0.39 is 11.9 Å². The van der Waals surface area contributed by atoms with Crippen molar-refractivity contribution >= 4 is 17.4 Å². The summed E-state index contributed by atoms with van der Waals surface area (Å²) in [6.45, 7) is 6.60. The highest BCUT2D eigenvalue weighted by Crippen LogP contribution is 2.47. The van der Waals surface area contributed by atoms with E-state index in [0.717, 1.165) is 16.8 Å². The fourth-order valence-electron chi connectivity index (χ4n) is 4.29. The molecule has 0 bridgehead atoms. The first kappa shape index (κ1) is 20.7. The van der Waals surface area contributed by atoms with Crippen molar-refractivity contribution < 1.29 is 23.8 Å². The summed E-state index contributed by atoms with van der Waals surface area (Å²) in [6.07, 6.45) is 0. The lowest BCUT2D eigenvalue weighted by Gasteiger charge is -2.29. The van der Waals surface area contributed by atoms with Crippen molar-refractivity contribution in [2.45, 2.75) is 26.7 Å². The van der Waals surface area contributed by atoms with Crippen LogP contribution in [0.15, 0.2) is 59.3 Å². The Morgan fingerprint density at radius 2 is 1.68 bits per heavy atom. The minimum atomic E-state index is -0.585. The second-order valence-corrected chi connectivity index (χ2v) is 7.32. The van der Waals surface area contributed by atoms with E-state index in [-0.39, 0.29) is 5.78 Å². The average Bonchev–Trinajstić information content (AvgIpc) is 3.06. The summed E-state index contributed by atoms with van der Waals surface area (Å²) in [5, 5.41) is 3.28. The van der Waals surface area contributed by atoms with Gasteiger partial charge in [0.1, 0.15) is 0 Å². The van der Waals surface area contributed by atoms with Crippen LogP contribution in [0.25, 0.3) is 5.70 Å². The van der Waals surface area contributed by atoms with Gasteiger partial charge in [0.15, 0.2) is 17.3 Å². The molecule has 0 unspecified atom stereocenters. The molecule has 0 saturated carbocycles. The van der Waals surface area contributed by atoms with Crippen LogP contribution in [0.5, 0.6) is 11.5 Å². The van der Waals surface area contributed by atoms with Gasteiger partial charge in [-0.2, -0.15) is 0 Å². The van der Waals surface area contributed by atoms with Crippen LogP contribution in [0.2, 0.25) is 0 Å². The SMILES string of the molecule is CCOc1ccc([C@@H]2C(C(=O)OC)=C(C)NC3=C2C(=O)c2ccccc23)cc1OCC. The first-order valence-corrected chi connectivity index (χ1v) is 10.4. The van der Waals surface area contributed by atoms with Crippen molar-refractivity contribution in [2.24, 2.45) is 0 Å². The van der Waals surface area contributed by atoms with Gasteiger partial charge >= 0.3 is 5.97 Å². The zero-order valence-electron chi connectivity index (χ0n) is 18.1. The number of dihydropyridines is 1. The summed E-state index contributed by atoms with van der Waals surface area (Å²) in [4.78, 5) is 26.2. The third-order valence-corrected chi connectivity index (χ3v) is 5.55. The summed E-state index contributed by atoms with van der Waals surface area (Å²) in [6, 6.07) is 13.0. The van der Waals surface area contributed by atoms with Gasteiger partial charge in [0, 0.05) is 28.3 Å². The summed E-state index contributed by atoms with van der Waals surface area (Å²) in [5.74, 6) is 0.0458. The molecule has 0 amide bonds. The molecule has 1 N–H and O–H groups in total. The smallest absolute Gasteiger partial charge is 0.336 e. The zero-order valence-corrected chi connectivity index (χ0v) is 18.1. The van der Waals surface area contributed by atoms with Gasteiger partial charge in [-0.1, -0.05) is 30.3 Å². The van der Waals surface area contributed by atoms with Crippen LogP contribution in [0.1, 0.15) is 48.2 Å². The molecule has 0 spiro atoms. The number of benzene rings is 2. The van der Waals surface area contributed by atoms with Crippen LogP contribution in [-0.4, -0.2) is 32.1 Å². The third kappa shape index (κ3) is 3.38. The molecule has 1 heterocycles. The number of carbonyl (C=O) groups is 2. The number of esters is 1. The van der Waals surface area contributed by atoms with Gasteiger partial charge in [0.05, 0.1) is 31.6 Å². The Morgan fingerprint density at radius 1 is 1.00 bits per heavy atom. The molecule has 31 heavy (non-hydrogen) atoms. The standard InChI is InChI=1S/C25H25NO5/c1-5-30-18-12-11-15(13-19(18)31-6-2)21-20(25(28)29-4)14(3)26-23-16-9-7-8-10-17(16)24(27)22(21)23/h7-13,21,26H,5-6H2,1-4H3/t21-/m1/s1. The highest BCUT2D eigenvalue weighted by molar-refractivity contribution is 6.23. The molecule has 4 rings (SSSR count). The molecule has 1 aliphatic heterocycles. The maximum Gasteiger partial charge on any atom is 0.336 e. The number of nitrogens with one attached hydrogen (secondary N) is 1. The fraction of sp³-hybridized carbons (Fsp3) is 0.280. The van der Waals surface area contributed by atoms with Gasteiger partial charge in [0.2, 0.25) is 0 Å². The third-order valence-electron chi connectivity index (χ3n) is 5.55. The summed E-state index contributed by atoms with van der Waals surface area (Å²) >= 11 is 0. The minimum absolute atomic E-state index is 0.0937. The maximum atomic E-state index is 13.4. The van der Waals surface area contributed by atoms with E-state index in [1.165, 1.54) is 7.11 Å². The normalized spacial score (nSPS) is 17.2. The van der Waals surface area contributed by atoms with Crippen LogP contribution in [0.4, 0.5) is 0 Å². The van der Waals surface area contributed by atoms with Crippen molar-refractivity contribution in [3.63, 3.8) is 0 Å². The van der Waals surface area contributed by atoms with Crippen LogP contribution < -0.4 is 14.8 Å². The monoisotopic (exact) mass is 419 g/mol. The number of fused-ring (bicyclic) bond motifs is 2. The van der Waals surface area contributed by atoms with Crippen LogP contribution in [0.3, 0.4) is 0 Å². The number of rotatable bonds is 6. The molecule has 0 aromatic heterocycles. The Balaban J connectivity index is 1.92. The molecular formula is C25H25NO5. The van der Waals surface area contributed by atoms with E-state index in [1.54, 1.807) is 0 Å². The van der Waals surface area contributed by atoms with Crippen molar-refractivity contribution in [3.8, 4) is 11.5 Å². The van der Waals surface area contributed by atoms with Gasteiger partial charge in [-0.15, -0.1) is 0 Å². The first-order chi connectivity index (χ1) is 15.0. The lowest BCUT2D eigenvalue weighted by molar-refractivity contribution is -0.136. The fourth-order valence-corrected chi connectivity index (χ4v) is 4.29. The number of Topliss-reactive ketones (excluding diaryl/α,β-unsaturated/α-hetero) is 1. The lowest BCUT2D eigenvalue weighted by atomic mass is 9.79. The number of allylic oxidation sites excluding steroid dienone is 2. The number of carbonyl (C=O) groups excluding carboxylic acids is 2. The summed E-state index contributed by atoms with van der Waals surface area (Å²) in [5.41, 5.74) is 4.58. The van der Waals surface area contributed by atoms with Crippen LogP contribution in [-0.2, 0) is 9.53 Å². The molecule has 160 valence electrons. The van der Waals surface area contributed by atoms with E-state index >= 15 is 0 Å². The van der Waals surface area contributed by atoms with E-state index in [2.05, 4.69) is 5.32 Å². The lowest BCUT2D eigenvalue weighted by Crippen LogP contribution is -2.29. The van der Waals surface area contributed by atoms with E-state index in [1.807, 2.05) is 63.2 Å². The minimum Gasteiger partial charge on any atom is -0.490 e. The summed E-state index contributed by atoms with van der Waals surface area (Å²) in [7, 11) is 1.35. The van der Waals surface area contributed by atoms with Crippen molar-refractivity contribution in [1.29, 1.82) is 0 Å². The number of hydrogen-bond acceptors (Lipinski definition) is 6. The Morgan fingerprint density at radius 3 is 2.35 bits per heavy atom. The highest BCUT2D eigenvalue weighted by Gasteiger charge is 2.43. The van der Waals surface area contributed by atoms with Gasteiger partial charge in [0.25, 0.3) is 0 Å². The average molecular weight is 419 g/mol. The Labute approximate surface area is 181 Å². The van der Waals surface area contributed by atoms with Crippen molar-refractivity contribution in [3.05, 3.63) is 76.0 Å². The first-order valence-electron chi connectivity index (χ1n) is 10.4. The molecule has 2 aromatic rings. The van der Waals surface area contributed by atoms with Crippen molar-refractivity contribution in [1.82, 2.24) is 5.32 Å². The Kier molecular flexibility index (Phi) is 5.55. The summed E-state index contributed by atoms with van der Waals surface area (Å²) < 4.78 is 16.6. The van der Waals surface area contributed by atoms with Crippen LogP contribution >= 0.6 is 0 Å². The van der Waals surface area contributed by atoms with E-state index in [9.17, 15) is 9.59 Å². The second-order valence-electron chi connectivity index (χ2n) is 7.32. The molecule has 6 nitrogen and oxygen atoms in total. The predicted octanol–water partition coefficient (Wildman–Crippen LogP) is 4.23. The molecule has 0 fully saturated rings. The van der Waals surface area contributed by atoms with E-state index in [0.29, 0.717) is 47.1 Å². The van der Waals surface area contributed by atoms with Gasteiger partial charge < -0.3 is 19.5 Å². The Bertz CT molecular complexity index is 1130. The maximum absolute atomic E-state index is 13.4. The molecule has 1 atom stereocenters. The van der Waals surface area contributed by atoms with Crippen LogP contribution in [0, 0.1) is 0 Å². The van der Waals surface area contributed by atoms with E-state index in [4.69, 9.17) is 14.2 Å². The Hall–Kier alpha value is -3.54.